The Morgan fingerprint density at radius 1 is 1.28 bits per heavy atom. The van der Waals surface area contributed by atoms with Crippen LogP contribution in [0.5, 0.6) is 5.75 Å². The lowest BCUT2D eigenvalue weighted by Crippen LogP contribution is -2.36. The minimum atomic E-state index is -0.693. The van der Waals surface area contributed by atoms with Gasteiger partial charge in [0.05, 0.1) is 24.4 Å². The number of aromatic nitrogens is 2. The summed E-state index contributed by atoms with van der Waals surface area (Å²) in [5.74, 6) is -0.0894. The Balaban J connectivity index is 1.71. The fraction of sp³-hybridized carbons (Fsp3) is 0.364. The summed E-state index contributed by atoms with van der Waals surface area (Å²) in [6.45, 7) is 4.23. The molecule has 7 heteroatoms. The number of nitrogens with two attached hydrogens (primary N) is 1. The van der Waals surface area contributed by atoms with E-state index in [4.69, 9.17) is 15.5 Å². The molecule has 1 aromatic carbocycles. The number of fused-ring (bicyclic) bond motifs is 1. The fourth-order valence-corrected chi connectivity index (χ4v) is 4.07. The number of benzene rings is 1. The molecule has 4 rings (SSSR count). The zero-order valence-corrected chi connectivity index (χ0v) is 16.8. The Bertz CT molecular complexity index is 1050. The Hall–Kier alpha value is -3.06. The van der Waals surface area contributed by atoms with Crippen LogP contribution in [0.4, 0.5) is 5.69 Å². The van der Waals surface area contributed by atoms with E-state index in [1.54, 1.807) is 7.11 Å². The van der Waals surface area contributed by atoms with Crippen molar-refractivity contribution in [3.8, 4) is 17.0 Å². The molecule has 152 valence electrons. The van der Waals surface area contributed by atoms with Crippen LogP contribution in [-0.2, 0) is 11.3 Å². The number of imidazole rings is 1. The van der Waals surface area contributed by atoms with Gasteiger partial charge in [-0.15, -0.1) is 0 Å². The number of nitrogen functional groups attached to an aromatic ring is 1. The van der Waals surface area contributed by atoms with E-state index in [2.05, 4.69) is 11.0 Å². The summed E-state index contributed by atoms with van der Waals surface area (Å²) in [5.41, 5.74) is 11.6. The maximum Gasteiger partial charge on any atom is 0.306 e. The van der Waals surface area contributed by atoms with Crippen LogP contribution >= 0.6 is 0 Å². The Kier molecular flexibility index (Phi) is 5.15. The molecule has 0 spiro atoms. The van der Waals surface area contributed by atoms with Crippen LogP contribution in [0, 0.1) is 12.8 Å². The number of carbonyl (C=O) groups is 1. The number of hydrogen-bond donors (Lipinski definition) is 2. The van der Waals surface area contributed by atoms with Crippen LogP contribution in [0.1, 0.15) is 24.1 Å². The summed E-state index contributed by atoms with van der Waals surface area (Å²) >= 11 is 0. The van der Waals surface area contributed by atoms with Crippen LogP contribution < -0.4 is 10.5 Å². The van der Waals surface area contributed by atoms with E-state index in [-0.39, 0.29) is 5.92 Å². The van der Waals surface area contributed by atoms with Gasteiger partial charge >= 0.3 is 5.97 Å². The van der Waals surface area contributed by atoms with Crippen LogP contribution in [0.3, 0.4) is 0 Å². The van der Waals surface area contributed by atoms with Crippen molar-refractivity contribution in [2.24, 2.45) is 5.92 Å². The molecule has 0 aliphatic carbocycles. The third kappa shape index (κ3) is 3.78. The molecule has 0 amide bonds. The molecule has 1 saturated heterocycles. The third-order valence-corrected chi connectivity index (χ3v) is 5.72. The minimum absolute atomic E-state index is 0.243. The van der Waals surface area contributed by atoms with Crippen molar-refractivity contribution in [1.29, 1.82) is 0 Å². The van der Waals surface area contributed by atoms with Gasteiger partial charge in [-0.05, 0) is 68.8 Å². The third-order valence-electron chi connectivity index (χ3n) is 5.72. The van der Waals surface area contributed by atoms with Crippen molar-refractivity contribution < 1.29 is 14.6 Å². The van der Waals surface area contributed by atoms with Crippen molar-refractivity contribution >= 4 is 17.3 Å². The highest BCUT2D eigenvalue weighted by atomic mass is 16.5. The molecule has 2 aromatic heterocycles. The zero-order valence-electron chi connectivity index (χ0n) is 16.8. The Morgan fingerprint density at radius 2 is 2.03 bits per heavy atom. The summed E-state index contributed by atoms with van der Waals surface area (Å²) in [7, 11) is 1.67. The minimum Gasteiger partial charge on any atom is -0.496 e. The normalized spacial score (nSPS) is 15.7. The van der Waals surface area contributed by atoms with E-state index in [1.807, 2.05) is 41.8 Å². The number of anilines is 1. The number of carboxylic acids is 1. The van der Waals surface area contributed by atoms with Crippen LogP contribution in [0.2, 0.25) is 0 Å². The fourth-order valence-electron chi connectivity index (χ4n) is 4.07. The topological polar surface area (TPSA) is 93.1 Å². The van der Waals surface area contributed by atoms with Crippen LogP contribution in [-0.4, -0.2) is 45.6 Å². The van der Waals surface area contributed by atoms with Crippen molar-refractivity contribution in [3.05, 3.63) is 47.8 Å². The highest BCUT2D eigenvalue weighted by Crippen LogP contribution is 2.31. The molecule has 0 radical (unpaired) electrons. The van der Waals surface area contributed by atoms with E-state index in [0.717, 1.165) is 47.0 Å². The first-order chi connectivity index (χ1) is 14.0. The highest BCUT2D eigenvalue weighted by molar-refractivity contribution is 5.70. The summed E-state index contributed by atoms with van der Waals surface area (Å²) < 4.78 is 7.44. The van der Waals surface area contributed by atoms with Crippen LogP contribution in [0.15, 0.2) is 36.5 Å². The first-order valence-corrected chi connectivity index (χ1v) is 9.83. The lowest BCUT2D eigenvalue weighted by molar-refractivity contribution is -0.143. The van der Waals surface area contributed by atoms with Gasteiger partial charge in [-0.1, -0.05) is 0 Å². The van der Waals surface area contributed by atoms with E-state index < -0.39 is 5.97 Å². The van der Waals surface area contributed by atoms with Gasteiger partial charge in [0.25, 0.3) is 0 Å². The molecular formula is C22H26N4O3. The summed E-state index contributed by atoms with van der Waals surface area (Å²) in [6.07, 6.45) is 3.25. The quantitative estimate of drug-likeness (QED) is 0.690. The van der Waals surface area contributed by atoms with Crippen LogP contribution in [0.25, 0.3) is 16.9 Å². The summed E-state index contributed by atoms with van der Waals surface area (Å²) in [5, 5.41) is 9.26. The van der Waals surface area contributed by atoms with Gasteiger partial charge < -0.3 is 20.0 Å². The number of methoxy groups -OCH3 is 1. The molecule has 3 aromatic rings. The number of carboxylic acid groups (broad SMARTS) is 1. The SMILES string of the molecule is COc1ccc(-c2nc3ccc(N)cn3c2CN2CCC(C(=O)O)CC2)cc1C. The van der Waals surface area contributed by atoms with Gasteiger partial charge in [0.1, 0.15) is 11.4 Å². The number of piperidine rings is 1. The Morgan fingerprint density at radius 3 is 2.69 bits per heavy atom. The van der Waals surface area contributed by atoms with Gasteiger partial charge in [-0.3, -0.25) is 9.69 Å². The summed E-state index contributed by atoms with van der Waals surface area (Å²) in [6, 6.07) is 9.86. The zero-order chi connectivity index (χ0) is 20.5. The van der Waals surface area contributed by atoms with E-state index in [9.17, 15) is 9.90 Å². The van der Waals surface area contributed by atoms with Gasteiger partial charge in [0.15, 0.2) is 0 Å². The second kappa shape index (κ2) is 7.75. The second-order valence-electron chi connectivity index (χ2n) is 7.67. The largest absolute Gasteiger partial charge is 0.496 e. The monoisotopic (exact) mass is 394 g/mol. The molecule has 0 bridgehead atoms. The molecule has 1 aliphatic rings. The van der Waals surface area contributed by atoms with E-state index in [1.165, 1.54) is 0 Å². The summed E-state index contributed by atoms with van der Waals surface area (Å²) in [4.78, 5) is 18.4. The average molecular weight is 394 g/mol. The number of likely N-dealkylation sites (tertiary alicyclic amines) is 1. The standard InChI is InChI=1S/C22H26N4O3/c1-14-11-16(3-5-19(14)29-2)21-18(26-12-17(23)4-6-20(26)24-21)13-25-9-7-15(8-10-25)22(27)28/h3-6,11-12,15H,7-10,13,23H2,1-2H3,(H,27,28). The van der Waals surface area contributed by atoms with Crippen molar-refractivity contribution in [2.45, 2.75) is 26.3 Å². The van der Waals surface area contributed by atoms with Gasteiger partial charge in [-0.25, -0.2) is 4.98 Å². The predicted octanol–water partition coefficient (Wildman–Crippen LogP) is 3.20. The lowest BCUT2D eigenvalue weighted by Gasteiger charge is -2.30. The first kappa shape index (κ1) is 19.3. The van der Waals surface area contributed by atoms with Gasteiger partial charge in [-0.2, -0.15) is 0 Å². The molecule has 29 heavy (non-hydrogen) atoms. The maximum absolute atomic E-state index is 11.3. The predicted molar refractivity (Wildman–Crippen MR) is 112 cm³/mol. The number of rotatable bonds is 5. The van der Waals surface area contributed by atoms with E-state index >= 15 is 0 Å². The molecule has 3 N–H and O–H groups in total. The number of ether oxygens (including phenoxy) is 1. The average Bonchev–Trinajstić information content (AvgIpc) is 3.06. The van der Waals surface area contributed by atoms with Gasteiger partial charge in [0, 0.05) is 24.0 Å². The number of hydrogen-bond acceptors (Lipinski definition) is 5. The molecule has 1 fully saturated rings. The second-order valence-corrected chi connectivity index (χ2v) is 7.67. The molecule has 0 saturated carbocycles. The lowest BCUT2D eigenvalue weighted by atomic mass is 9.97. The maximum atomic E-state index is 11.3. The highest BCUT2D eigenvalue weighted by Gasteiger charge is 2.26. The van der Waals surface area contributed by atoms with Crippen molar-refractivity contribution in [1.82, 2.24) is 14.3 Å². The molecule has 1 aliphatic heterocycles. The number of aryl methyl sites for hydroxylation is 1. The first-order valence-electron chi connectivity index (χ1n) is 9.83. The Labute approximate surface area is 169 Å². The molecule has 0 atom stereocenters. The van der Waals surface area contributed by atoms with Gasteiger partial charge in [0.2, 0.25) is 0 Å². The molecule has 0 unspecified atom stereocenters. The number of pyridine rings is 1. The van der Waals surface area contributed by atoms with Crippen molar-refractivity contribution in [2.75, 3.05) is 25.9 Å². The molecule has 3 heterocycles. The van der Waals surface area contributed by atoms with Crippen molar-refractivity contribution in [3.63, 3.8) is 0 Å². The number of aliphatic carboxylic acids is 1. The molecular weight excluding hydrogens is 368 g/mol. The molecule has 7 nitrogen and oxygen atoms in total. The smallest absolute Gasteiger partial charge is 0.306 e. The number of nitrogens with zero attached hydrogens (tertiary/aromatic N) is 3. The van der Waals surface area contributed by atoms with E-state index in [0.29, 0.717) is 25.1 Å².